The van der Waals surface area contributed by atoms with Gasteiger partial charge in [-0.3, -0.25) is 9.36 Å². The second kappa shape index (κ2) is 11.1. The van der Waals surface area contributed by atoms with Crippen molar-refractivity contribution in [1.29, 1.82) is 0 Å². The first kappa shape index (κ1) is 23.2. The Morgan fingerprint density at radius 1 is 1.22 bits per heavy atom. The minimum Gasteiger partial charge on any atom is -0.469 e. The van der Waals surface area contributed by atoms with Gasteiger partial charge in [0.2, 0.25) is 7.37 Å². The van der Waals surface area contributed by atoms with Crippen molar-refractivity contribution < 1.29 is 28.5 Å². The third-order valence-corrected chi connectivity index (χ3v) is 6.58. The van der Waals surface area contributed by atoms with Crippen molar-refractivity contribution >= 4 is 19.4 Å². The number of rotatable bonds is 10. The molecule has 0 aliphatic rings. The number of amides is 1. The Kier molecular flexibility index (Phi) is 9.53. The summed E-state index contributed by atoms with van der Waals surface area (Å²) in [4.78, 5) is 34.5. The van der Waals surface area contributed by atoms with Gasteiger partial charge >= 0.3 is 12.1 Å². The molecule has 0 aliphatic carbocycles. The summed E-state index contributed by atoms with van der Waals surface area (Å²) in [5.74, 6) is -2.03. The smallest absolute Gasteiger partial charge is 0.408 e. The Morgan fingerprint density at radius 3 is 2.37 bits per heavy atom. The maximum absolute atomic E-state index is 12.8. The number of alkyl carbamates (subject to hydrolysis) is 1. The number of methoxy groups -OCH3 is 1. The molecule has 7 nitrogen and oxygen atoms in total. The number of hydrogen-bond acceptors (Lipinski definition) is 5. The third kappa shape index (κ3) is 8.14. The van der Waals surface area contributed by atoms with Crippen LogP contribution in [0.1, 0.15) is 39.2 Å². The number of nitrogens with one attached hydrogen (secondary N) is 1. The molecule has 3 atom stereocenters. The molecular weight excluding hydrogens is 369 g/mol. The standard InChI is InChI=1S/C19H30NO6P/c1-5-17(20-19(22)26-12-15-9-7-6-8-10-15)27(23,24)13-16(11-14(2)3)18(21)25-4/h6-10,14,16-17H,5,11-13H2,1-4H3,(H,20,22)(H,23,24). The van der Waals surface area contributed by atoms with Gasteiger partial charge < -0.3 is 19.7 Å². The van der Waals surface area contributed by atoms with Gasteiger partial charge in [-0.25, -0.2) is 4.79 Å². The lowest BCUT2D eigenvalue weighted by molar-refractivity contribution is -0.145. The number of esters is 1. The van der Waals surface area contributed by atoms with Crippen molar-refractivity contribution in [2.45, 2.75) is 46.0 Å². The summed E-state index contributed by atoms with van der Waals surface area (Å²) in [5.41, 5.74) is 0.815. The fourth-order valence-electron chi connectivity index (χ4n) is 2.81. The zero-order chi connectivity index (χ0) is 20.4. The Morgan fingerprint density at radius 2 is 1.85 bits per heavy atom. The molecule has 27 heavy (non-hydrogen) atoms. The summed E-state index contributed by atoms with van der Waals surface area (Å²) in [6.45, 7) is 5.61. The molecule has 0 fully saturated rings. The molecule has 152 valence electrons. The van der Waals surface area contributed by atoms with Crippen LogP contribution in [0.25, 0.3) is 0 Å². The number of carbonyl (C=O) groups excluding carboxylic acids is 2. The lowest BCUT2D eigenvalue weighted by atomic mass is 9.99. The molecule has 1 rings (SSSR count). The summed E-state index contributed by atoms with van der Waals surface area (Å²) in [5, 5.41) is 2.47. The van der Waals surface area contributed by atoms with E-state index in [1.54, 1.807) is 6.92 Å². The molecule has 0 heterocycles. The molecule has 0 saturated heterocycles. The van der Waals surface area contributed by atoms with Crippen molar-refractivity contribution in [2.75, 3.05) is 13.3 Å². The minimum absolute atomic E-state index is 0.0664. The van der Waals surface area contributed by atoms with Crippen LogP contribution in [-0.4, -0.2) is 36.0 Å². The highest BCUT2D eigenvalue weighted by molar-refractivity contribution is 7.58. The van der Waals surface area contributed by atoms with Crippen LogP contribution in [-0.2, 0) is 25.4 Å². The lowest BCUT2D eigenvalue weighted by Gasteiger charge is -2.26. The van der Waals surface area contributed by atoms with Crippen molar-refractivity contribution in [3.63, 3.8) is 0 Å². The van der Waals surface area contributed by atoms with E-state index in [2.05, 4.69) is 5.32 Å². The van der Waals surface area contributed by atoms with E-state index in [0.717, 1.165) is 5.56 Å². The molecule has 0 aliphatic heterocycles. The molecule has 3 unspecified atom stereocenters. The normalized spacial score (nSPS) is 15.5. The maximum atomic E-state index is 12.8. The molecule has 0 bridgehead atoms. The van der Waals surface area contributed by atoms with Crippen molar-refractivity contribution in [1.82, 2.24) is 5.32 Å². The van der Waals surface area contributed by atoms with Crippen molar-refractivity contribution in [2.24, 2.45) is 11.8 Å². The zero-order valence-electron chi connectivity index (χ0n) is 16.4. The second-order valence-corrected chi connectivity index (χ2v) is 9.42. The molecule has 1 aromatic rings. The highest BCUT2D eigenvalue weighted by Gasteiger charge is 2.37. The van der Waals surface area contributed by atoms with Crippen molar-refractivity contribution in [3.05, 3.63) is 35.9 Å². The van der Waals surface area contributed by atoms with E-state index in [-0.39, 0.29) is 25.1 Å². The molecule has 2 N–H and O–H groups in total. The van der Waals surface area contributed by atoms with Gasteiger partial charge in [0.05, 0.1) is 13.0 Å². The predicted molar refractivity (Wildman–Crippen MR) is 103 cm³/mol. The van der Waals surface area contributed by atoms with Crippen molar-refractivity contribution in [3.8, 4) is 0 Å². The van der Waals surface area contributed by atoms with E-state index in [0.29, 0.717) is 6.42 Å². The minimum atomic E-state index is -3.84. The second-order valence-electron chi connectivity index (χ2n) is 6.92. The van der Waals surface area contributed by atoms with Gasteiger partial charge in [-0.05, 0) is 24.3 Å². The first-order valence-electron chi connectivity index (χ1n) is 9.06. The lowest BCUT2D eigenvalue weighted by Crippen LogP contribution is -2.36. The van der Waals surface area contributed by atoms with Gasteiger partial charge in [-0.2, -0.15) is 0 Å². The van der Waals surface area contributed by atoms with E-state index < -0.39 is 31.1 Å². The average Bonchev–Trinajstić information content (AvgIpc) is 2.63. The van der Waals surface area contributed by atoms with Gasteiger partial charge in [-0.1, -0.05) is 51.1 Å². The fraction of sp³-hybridized carbons (Fsp3) is 0.579. The van der Waals surface area contributed by atoms with Crippen LogP contribution in [0, 0.1) is 11.8 Å². The fourth-order valence-corrected chi connectivity index (χ4v) is 4.87. The highest BCUT2D eigenvalue weighted by atomic mass is 31.2. The van der Waals surface area contributed by atoms with Gasteiger partial charge in [0.15, 0.2) is 0 Å². The summed E-state index contributed by atoms with van der Waals surface area (Å²) >= 11 is 0. The van der Waals surface area contributed by atoms with E-state index >= 15 is 0 Å². The van der Waals surface area contributed by atoms with Gasteiger partial charge in [-0.15, -0.1) is 0 Å². The number of carbonyl (C=O) groups is 2. The topological polar surface area (TPSA) is 102 Å². The maximum Gasteiger partial charge on any atom is 0.408 e. The van der Waals surface area contributed by atoms with Gasteiger partial charge in [0, 0.05) is 6.16 Å². The van der Waals surface area contributed by atoms with Gasteiger partial charge in [0.1, 0.15) is 12.4 Å². The SMILES string of the molecule is CCC(NC(=O)OCc1ccccc1)P(=O)(O)CC(CC(C)C)C(=O)OC. The molecule has 0 aromatic heterocycles. The zero-order valence-corrected chi connectivity index (χ0v) is 17.3. The molecule has 0 spiro atoms. The summed E-state index contributed by atoms with van der Waals surface area (Å²) in [6, 6.07) is 9.14. The largest absolute Gasteiger partial charge is 0.469 e. The van der Waals surface area contributed by atoms with Gasteiger partial charge in [0.25, 0.3) is 0 Å². The van der Waals surface area contributed by atoms with Crippen LogP contribution in [0.2, 0.25) is 0 Å². The Bertz CT molecular complexity index is 649. The monoisotopic (exact) mass is 399 g/mol. The number of ether oxygens (including phenoxy) is 2. The van der Waals surface area contributed by atoms with E-state index in [1.807, 2.05) is 44.2 Å². The quantitative estimate of drug-likeness (QED) is 0.459. The molecule has 1 aromatic carbocycles. The Labute approximate surface area is 160 Å². The molecule has 0 radical (unpaired) electrons. The number of benzene rings is 1. The van der Waals surface area contributed by atoms with E-state index in [9.17, 15) is 19.0 Å². The molecular formula is C19H30NO6P. The van der Waals surface area contributed by atoms with Crippen LogP contribution >= 0.6 is 7.37 Å². The highest BCUT2D eigenvalue weighted by Crippen LogP contribution is 2.49. The predicted octanol–water partition coefficient (Wildman–Crippen LogP) is 3.75. The van der Waals surface area contributed by atoms with Crippen LogP contribution in [0.4, 0.5) is 4.79 Å². The van der Waals surface area contributed by atoms with Crippen LogP contribution in [0.3, 0.4) is 0 Å². The van der Waals surface area contributed by atoms with Crippen LogP contribution in [0.5, 0.6) is 0 Å². The summed E-state index contributed by atoms with van der Waals surface area (Å²) in [7, 11) is -2.59. The first-order valence-corrected chi connectivity index (χ1v) is 11.0. The van der Waals surface area contributed by atoms with Crippen LogP contribution < -0.4 is 5.32 Å². The third-order valence-electron chi connectivity index (χ3n) is 4.14. The van der Waals surface area contributed by atoms with E-state index in [1.165, 1.54) is 7.11 Å². The average molecular weight is 399 g/mol. The molecule has 1 amide bonds. The summed E-state index contributed by atoms with van der Waals surface area (Å²) in [6.07, 6.45) is -0.330. The van der Waals surface area contributed by atoms with E-state index in [4.69, 9.17) is 9.47 Å². The molecule has 0 saturated carbocycles. The Balaban J connectivity index is 2.71. The Hall–Kier alpha value is -1.85. The number of hydrogen-bond donors (Lipinski definition) is 2. The summed E-state index contributed by atoms with van der Waals surface area (Å²) < 4.78 is 22.7. The molecule has 8 heteroatoms. The first-order chi connectivity index (χ1) is 12.7. The van der Waals surface area contributed by atoms with Crippen LogP contribution in [0.15, 0.2) is 30.3 Å².